The molecule has 0 spiro atoms. The van der Waals surface area contributed by atoms with Crippen molar-refractivity contribution in [2.45, 2.75) is 37.4 Å². The third-order valence-electron chi connectivity index (χ3n) is 4.45. The Kier molecular flexibility index (Phi) is 10.3. The Balaban J connectivity index is 1.46. The second-order valence-corrected chi connectivity index (χ2v) is 9.58. The first-order valence-corrected chi connectivity index (χ1v) is 12.1. The lowest BCUT2D eigenvalue weighted by Crippen LogP contribution is -2.36. The summed E-state index contributed by atoms with van der Waals surface area (Å²) in [5.41, 5.74) is 0.0512. The van der Waals surface area contributed by atoms with Crippen LogP contribution in [0.15, 0.2) is 12.1 Å². The fraction of sp³-hybridized carbons (Fsp3) is 0.579. The molecule has 1 aliphatic heterocycles. The van der Waals surface area contributed by atoms with Gasteiger partial charge in [-0.1, -0.05) is 28.0 Å². The minimum atomic E-state index is -0.655. The van der Waals surface area contributed by atoms with Gasteiger partial charge in [0.2, 0.25) is 5.91 Å². The molecule has 10 heteroatoms. The summed E-state index contributed by atoms with van der Waals surface area (Å²) in [6, 6.07) is 2.16. The zero-order chi connectivity index (χ0) is 21.1. The largest absolute Gasteiger partial charge is 0.504 e. The number of nitrogens with one attached hydrogen (secondary N) is 3. The van der Waals surface area contributed by atoms with Crippen LogP contribution in [0.25, 0.3) is 0 Å². The highest BCUT2D eigenvalue weighted by molar-refractivity contribution is 8.77. The topological polar surface area (TPSA) is 131 Å². The standard InChI is InChI=1S/C19H29N3O5S2/c23-15-11-13(12-16(24)18(15)26)19(27)22-9-7-20-6-8-21-17(25)4-2-1-3-14-5-10-28-29-14/h11-12,14,20,23-24,26H,1-10H2,(H,21,25)(H,22,27). The molecule has 1 aliphatic rings. The number of carbonyl (C=O) groups excluding carboxylic acids is 2. The number of aromatic hydroxyl groups is 3. The molecule has 1 aromatic carbocycles. The lowest BCUT2D eigenvalue weighted by molar-refractivity contribution is -0.121. The van der Waals surface area contributed by atoms with E-state index in [9.17, 15) is 24.9 Å². The SMILES string of the molecule is O=C(CCCCC1CCSS1)NCCNCCNC(=O)c1cc(O)c(O)c(O)c1. The molecular weight excluding hydrogens is 414 g/mol. The molecule has 2 amide bonds. The summed E-state index contributed by atoms with van der Waals surface area (Å²) >= 11 is 0. The van der Waals surface area contributed by atoms with E-state index in [0.717, 1.165) is 30.2 Å². The quantitative estimate of drug-likeness (QED) is 0.164. The number of benzene rings is 1. The molecule has 1 atom stereocenters. The van der Waals surface area contributed by atoms with Crippen molar-refractivity contribution in [1.82, 2.24) is 16.0 Å². The molecular formula is C19H29N3O5S2. The van der Waals surface area contributed by atoms with Crippen LogP contribution >= 0.6 is 21.6 Å². The van der Waals surface area contributed by atoms with E-state index >= 15 is 0 Å². The first-order chi connectivity index (χ1) is 14.0. The van der Waals surface area contributed by atoms with Crippen molar-refractivity contribution in [2.24, 2.45) is 0 Å². The van der Waals surface area contributed by atoms with E-state index in [-0.39, 0.29) is 11.5 Å². The van der Waals surface area contributed by atoms with Crippen LogP contribution in [0.4, 0.5) is 0 Å². The number of phenolic OH excluding ortho intramolecular Hbond substituents is 3. The van der Waals surface area contributed by atoms with Gasteiger partial charge in [0, 0.05) is 49.2 Å². The van der Waals surface area contributed by atoms with E-state index in [1.807, 2.05) is 21.6 Å². The lowest BCUT2D eigenvalue weighted by atomic mass is 10.1. The van der Waals surface area contributed by atoms with E-state index < -0.39 is 23.2 Å². The van der Waals surface area contributed by atoms with E-state index in [2.05, 4.69) is 16.0 Å². The maximum absolute atomic E-state index is 11.9. The van der Waals surface area contributed by atoms with E-state index in [0.29, 0.717) is 32.6 Å². The molecule has 0 radical (unpaired) electrons. The highest BCUT2D eigenvalue weighted by Crippen LogP contribution is 2.39. The van der Waals surface area contributed by atoms with Gasteiger partial charge in [0.05, 0.1) is 0 Å². The van der Waals surface area contributed by atoms with Gasteiger partial charge in [-0.15, -0.1) is 0 Å². The van der Waals surface area contributed by atoms with Gasteiger partial charge in [-0.3, -0.25) is 9.59 Å². The fourth-order valence-corrected chi connectivity index (χ4v) is 5.86. The van der Waals surface area contributed by atoms with Gasteiger partial charge in [-0.25, -0.2) is 0 Å². The van der Waals surface area contributed by atoms with Crippen molar-refractivity contribution in [3.8, 4) is 17.2 Å². The number of unbranched alkanes of at least 4 members (excludes halogenated alkanes) is 1. The summed E-state index contributed by atoms with van der Waals surface area (Å²) in [5, 5.41) is 37.5. The van der Waals surface area contributed by atoms with Crippen molar-refractivity contribution < 1.29 is 24.9 Å². The van der Waals surface area contributed by atoms with Gasteiger partial charge in [-0.05, 0) is 31.4 Å². The maximum atomic E-state index is 11.9. The first-order valence-electron chi connectivity index (χ1n) is 9.76. The lowest BCUT2D eigenvalue weighted by Gasteiger charge is -2.09. The minimum absolute atomic E-state index is 0.0512. The van der Waals surface area contributed by atoms with Gasteiger partial charge in [0.15, 0.2) is 17.2 Å². The Hall–Kier alpha value is -1.78. The summed E-state index contributed by atoms with van der Waals surface area (Å²) in [5.74, 6) is -0.921. The molecule has 2 rings (SSSR count). The number of phenols is 3. The van der Waals surface area contributed by atoms with Gasteiger partial charge in [0.1, 0.15) is 0 Å². The highest BCUT2D eigenvalue weighted by atomic mass is 33.1. The average Bonchev–Trinajstić information content (AvgIpc) is 3.21. The Labute approximate surface area is 178 Å². The molecule has 1 fully saturated rings. The minimum Gasteiger partial charge on any atom is -0.504 e. The summed E-state index contributed by atoms with van der Waals surface area (Å²) in [6.07, 6.45) is 5.07. The first kappa shape index (κ1) is 23.5. The Bertz CT molecular complexity index is 661. The van der Waals surface area contributed by atoms with Crippen molar-refractivity contribution in [1.29, 1.82) is 0 Å². The van der Waals surface area contributed by atoms with E-state index in [1.165, 1.54) is 18.6 Å². The van der Waals surface area contributed by atoms with Crippen LogP contribution in [-0.4, -0.2) is 64.3 Å². The molecule has 0 bridgehead atoms. The van der Waals surface area contributed by atoms with Crippen LogP contribution in [0.3, 0.4) is 0 Å². The number of hydrogen-bond acceptors (Lipinski definition) is 8. The van der Waals surface area contributed by atoms with Crippen LogP contribution in [0.1, 0.15) is 42.5 Å². The number of amides is 2. The van der Waals surface area contributed by atoms with E-state index in [4.69, 9.17) is 0 Å². The van der Waals surface area contributed by atoms with Crippen LogP contribution in [0.2, 0.25) is 0 Å². The zero-order valence-electron chi connectivity index (χ0n) is 16.3. The second-order valence-electron chi connectivity index (χ2n) is 6.79. The van der Waals surface area contributed by atoms with Crippen LogP contribution in [0.5, 0.6) is 17.2 Å². The fourth-order valence-electron chi connectivity index (χ4n) is 2.83. The third kappa shape index (κ3) is 8.63. The summed E-state index contributed by atoms with van der Waals surface area (Å²) in [7, 11) is 3.92. The molecule has 0 aromatic heterocycles. The molecule has 162 valence electrons. The third-order valence-corrected chi connectivity index (χ3v) is 7.46. The van der Waals surface area contributed by atoms with Crippen LogP contribution in [-0.2, 0) is 4.79 Å². The maximum Gasteiger partial charge on any atom is 0.251 e. The molecule has 1 aromatic rings. The van der Waals surface area contributed by atoms with Gasteiger partial charge < -0.3 is 31.3 Å². The van der Waals surface area contributed by atoms with E-state index in [1.54, 1.807) is 0 Å². The molecule has 29 heavy (non-hydrogen) atoms. The summed E-state index contributed by atoms with van der Waals surface area (Å²) in [4.78, 5) is 23.7. The van der Waals surface area contributed by atoms with Crippen molar-refractivity contribution in [2.75, 3.05) is 31.9 Å². The average molecular weight is 444 g/mol. The highest BCUT2D eigenvalue weighted by Gasteiger charge is 2.16. The van der Waals surface area contributed by atoms with Gasteiger partial charge >= 0.3 is 0 Å². The summed E-state index contributed by atoms with van der Waals surface area (Å²) in [6.45, 7) is 1.97. The molecule has 1 saturated heterocycles. The molecule has 8 nitrogen and oxygen atoms in total. The van der Waals surface area contributed by atoms with Crippen molar-refractivity contribution in [3.63, 3.8) is 0 Å². The number of carbonyl (C=O) groups is 2. The molecule has 0 saturated carbocycles. The number of rotatable bonds is 12. The molecule has 1 heterocycles. The zero-order valence-corrected chi connectivity index (χ0v) is 17.9. The molecule has 6 N–H and O–H groups in total. The van der Waals surface area contributed by atoms with Crippen molar-refractivity contribution >= 4 is 33.4 Å². The number of hydrogen-bond donors (Lipinski definition) is 6. The second kappa shape index (κ2) is 12.7. The summed E-state index contributed by atoms with van der Waals surface area (Å²) < 4.78 is 0. The van der Waals surface area contributed by atoms with Gasteiger partial charge in [0.25, 0.3) is 5.91 Å². The predicted molar refractivity (Wildman–Crippen MR) is 117 cm³/mol. The normalized spacial score (nSPS) is 15.9. The smallest absolute Gasteiger partial charge is 0.251 e. The monoisotopic (exact) mass is 443 g/mol. The molecule has 1 unspecified atom stereocenters. The van der Waals surface area contributed by atoms with Crippen molar-refractivity contribution in [3.05, 3.63) is 17.7 Å². The Morgan fingerprint density at radius 1 is 1.00 bits per heavy atom. The van der Waals surface area contributed by atoms with Crippen LogP contribution < -0.4 is 16.0 Å². The van der Waals surface area contributed by atoms with Gasteiger partial charge in [-0.2, -0.15) is 0 Å². The Morgan fingerprint density at radius 2 is 1.69 bits per heavy atom. The Morgan fingerprint density at radius 3 is 2.34 bits per heavy atom. The van der Waals surface area contributed by atoms with Crippen LogP contribution in [0, 0.1) is 0 Å². The molecule has 0 aliphatic carbocycles. The predicted octanol–water partition coefficient (Wildman–Crippen LogP) is 1.95.